The van der Waals surface area contributed by atoms with Gasteiger partial charge in [-0.1, -0.05) is 0 Å². The standard InChI is InChI=1S/C16H23N5O2.HI/c1-17-16(18-9-11-22-2)19-12-13-8-10-21(20-13)14-4-6-15(23-3)7-5-14;/h4-8,10H,9,11-12H2,1-3H3,(H2,17,18,19);1H. The van der Waals surface area contributed by atoms with E-state index in [0.717, 1.165) is 23.1 Å². The molecule has 2 N–H and O–H groups in total. The molecule has 0 aliphatic rings. The first-order valence-electron chi connectivity index (χ1n) is 7.39. The Balaban J connectivity index is 0.00000288. The molecule has 0 aliphatic heterocycles. The summed E-state index contributed by atoms with van der Waals surface area (Å²) in [5, 5.41) is 10.9. The van der Waals surface area contributed by atoms with Crippen LogP contribution in [0.5, 0.6) is 5.75 Å². The Morgan fingerprint density at radius 1 is 1.17 bits per heavy atom. The molecule has 0 bridgehead atoms. The normalized spacial score (nSPS) is 10.9. The van der Waals surface area contributed by atoms with Crippen LogP contribution in [0.4, 0.5) is 0 Å². The van der Waals surface area contributed by atoms with Gasteiger partial charge in [0.15, 0.2) is 5.96 Å². The number of nitrogens with zero attached hydrogens (tertiary/aromatic N) is 3. The number of halogens is 1. The molecule has 7 nitrogen and oxygen atoms in total. The lowest BCUT2D eigenvalue weighted by Gasteiger charge is -2.10. The number of methoxy groups -OCH3 is 2. The van der Waals surface area contributed by atoms with Crippen molar-refractivity contribution in [3.05, 3.63) is 42.2 Å². The maximum Gasteiger partial charge on any atom is 0.191 e. The highest BCUT2D eigenvalue weighted by atomic mass is 127. The monoisotopic (exact) mass is 445 g/mol. The maximum absolute atomic E-state index is 5.16. The lowest BCUT2D eigenvalue weighted by molar-refractivity contribution is 0.203. The van der Waals surface area contributed by atoms with Gasteiger partial charge in [-0.2, -0.15) is 5.10 Å². The average Bonchev–Trinajstić information content (AvgIpc) is 3.07. The van der Waals surface area contributed by atoms with Crippen molar-refractivity contribution in [3.8, 4) is 11.4 Å². The van der Waals surface area contributed by atoms with E-state index >= 15 is 0 Å². The van der Waals surface area contributed by atoms with Gasteiger partial charge in [-0.15, -0.1) is 24.0 Å². The van der Waals surface area contributed by atoms with Gasteiger partial charge in [0.2, 0.25) is 0 Å². The minimum Gasteiger partial charge on any atom is -0.497 e. The Morgan fingerprint density at radius 2 is 1.92 bits per heavy atom. The third kappa shape index (κ3) is 6.00. The third-order valence-corrected chi connectivity index (χ3v) is 3.24. The van der Waals surface area contributed by atoms with E-state index in [9.17, 15) is 0 Å². The van der Waals surface area contributed by atoms with Gasteiger partial charge >= 0.3 is 0 Å². The van der Waals surface area contributed by atoms with Crippen LogP contribution < -0.4 is 15.4 Å². The second-order valence-electron chi connectivity index (χ2n) is 4.80. The fourth-order valence-corrected chi connectivity index (χ4v) is 2.00. The molecule has 0 saturated heterocycles. The lowest BCUT2D eigenvalue weighted by Crippen LogP contribution is -2.38. The first kappa shape index (κ1) is 20.2. The van der Waals surface area contributed by atoms with E-state index < -0.39 is 0 Å². The van der Waals surface area contributed by atoms with Gasteiger partial charge in [-0.25, -0.2) is 4.68 Å². The van der Waals surface area contributed by atoms with Crippen LogP contribution >= 0.6 is 24.0 Å². The highest BCUT2D eigenvalue weighted by molar-refractivity contribution is 14.0. The van der Waals surface area contributed by atoms with Gasteiger partial charge < -0.3 is 20.1 Å². The van der Waals surface area contributed by atoms with Crippen LogP contribution in [-0.2, 0) is 11.3 Å². The van der Waals surface area contributed by atoms with Crippen molar-refractivity contribution in [3.63, 3.8) is 0 Å². The van der Waals surface area contributed by atoms with Crippen molar-refractivity contribution in [2.75, 3.05) is 34.4 Å². The molecule has 1 aromatic carbocycles. The summed E-state index contributed by atoms with van der Waals surface area (Å²) >= 11 is 0. The van der Waals surface area contributed by atoms with Crippen molar-refractivity contribution in [1.29, 1.82) is 0 Å². The summed E-state index contributed by atoms with van der Waals surface area (Å²) in [7, 11) is 5.06. The van der Waals surface area contributed by atoms with Crippen LogP contribution in [0.25, 0.3) is 5.69 Å². The first-order valence-corrected chi connectivity index (χ1v) is 7.39. The van der Waals surface area contributed by atoms with E-state index in [2.05, 4.69) is 20.7 Å². The topological polar surface area (TPSA) is 72.7 Å². The summed E-state index contributed by atoms with van der Waals surface area (Å²) in [6.07, 6.45) is 1.93. The molecule has 0 saturated carbocycles. The van der Waals surface area contributed by atoms with Crippen LogP contribution in [0.3, 0.4) is 0 Å². The molecule has 1 aromatic heterocycles. The highest BCUT2D eigenvalue weighted by Crippen LogP contribution is 2.14. The van der Waals surface area contributed by atoms with Crippen LogP contribution in [0, 0.1) is 0 Å². The van der Waals surface area contributed by atoms with Crippen LogP contribution in [0.15, 0.2) is 41.5 Å². The van der Waals surface area contributed by atoms with Crippen LogP contribution in [0.1, 0.15) is 5.69 Å². The molecule has 0 spiro atoms. The van der Waals surface area contributed by atoms with Crippen molar-refractivity contribution in [2.45, 2.75) is 6.54 Å². The number of benzene rings is 1. The predicted molar refractivity (Wildman–Crippen MR) is 106 cm³/mol. The molecule has 0 amide bonds. The van der Waals surface area contributed by atoms with Gasteiger partial charge in [0.25, 0.3) is 0 Å². The van der Waals surface area contributed by atoms with Gasteiger partial charge in [0, 0.05) is 26.9 Å². The second kappa shape index (κ2) is 10.9. The molecule has 2 aromatic rings. The Kier molecular flexibility index (Phi) is 9.16. The molecule has 0 unspecified atom stereocenters. The van der Waals surface area contributed by atoms with E-state index in [-0.39, 0.29) is 24.0 Å². The number of hydrogen-bond donors (Lipinski definition) is 2. The predicted octanol–water partition coefficient (Wildman–Crippen LogP) is 1.81. The van der Waals surface area contributed by atoms with E-state index in [1.54, 1.807) is 21.3 Å². The smallest absolute Gasteiger partial charge is 0.191 e. The summed E-state index contributed by atoms with van der Waals surface area (Å²) in [5.74, 6) is 1.55. The van der Waals surface area contributed by atoms with Crippen molar-refractivity contribution < 1.29 is 9.47 Å². The molecule has 24 heavy (non-hydrogen) atoms. The number of nitrogens with one attached hydrogen (secondary N) is 2. The minimum absolute atomic E-state index is 0. The Morgan fingerprint density at radius 3 is 2.54 bits per heavy atom. The maximum atomic E-state index is 5.16. The van der Waals surface area contributed by atoms with Gasteiger partial charge in [0.05, 0.1) is 31.6 Å². The largest absolute Gasteiger partial charge is 0.497 e. The number of rotatable bonds is 7. The van der Waals surface area contributed by atoms with Gasteiger partial charge in [-0.05, 0) is 30.3 Å². The molecule has 1 heterocycles. The Bertz CT molecular complexity index is 628. The SMILES string of the molecule is CN=C(NCCOC)NCc1ccn(-c2ccc(OC)cc2)n1.I. The fraction of sp³-hybridized carbons (Fsp3) is 0.375. The molecule has 2 rings (SSSR count). The van der Waals surface area contributed by atoms with Crippen LogP contribution in [-0.4, -0.2) is 50.2 Å². The molecule has 0 radical (unpaired) electrons. The van der Waals surface area contributed by atoms with Gasteiger partial charge in [-0.3, -0.25) is 4.99 Å². The number of hydrogen-bond acceptors (Lipinski definition) is 4. The minimum atomic E-state index is 0. The first-order chi connectivity index (χ1) is 11.3. The number of guanidine groups is 1. The molecular formula is C16H24IN5O2. The van der Waals surface area contributed by atoms with Crippen molar-refractivity contribution in [2.24, 2.45) is 4.99 Å². The summed E-state index contributed by atoms with van der Waals surface area (Å²) in [4.78, 5) is 4.15. The van der Waals surface area contributed by atoms with Crippen molar-refractivity contribution in [1.82, 2.24) is 20.4 Å². The molecule has 0 fully saturated rings. The van der Waals surface area contributed by atoms with Crippen LogP contribution in [0.2, 0.25) is 0 Å². The number of aliphatic imine (C=N–C) groups is 1. The number of ether oxygens (including phenoxy) is 2. The Hall–Kier alpha value is -1.81. The molecule has 0 aliphatic carbocycles. The summed E-state index contributed by atoms with van der Waals surface area (Å²) in [6.45, 7) is 1.93. The third-order valence-electron chi connectivity index (χ3n) is 3.24. The summed E-state index contributed by atoms with van der Waals surface area (Å²) < 4.78 is 12.0. The van der Waals surface area contributed by atoms with E-state index in [1.807, 2.05) is 41.2 Å². The molecule has 132 valence electrons. The molecule has 8 heteroatoms. The van der Waals surface area contributed by atoms with E-state index in [1.165, 1.54) is 0 Å². The fourth-order valence-electron chi connectivity index (χ4n) is 2.00. The van der Waals surface area contributed by atoms with Gasteiger partial charge in [0.1, 0.15) is 5.75 Å². The highest BCUT2D eigenvalue weighted by Gasteiger charge is 2.03. The lowest BCUT2D eigenvalue weighted by atomic mass is 10.3. The van der Waals surface area contributed by atoms with E-state index in [0.29, 0.717) is 19.7 Å². The average molecular weight is 445 g/mol. The molecule has 0 atom stereocenters. The Labute approximate surface area is 159 Å². The summed E-state index contributed by atoms with van der Waals surface area (Å²) in [5.41, 5.74) is 1.91. The zero-order valence-corrected chi connectivity index (χ0v) is 16.5. The zero-order chi connectivity index (χ0) is 16.5. The van der Waals surface area contributed by atoms with E-state index in [4.69, 9.17) is 9.47 Å². The number of aromatic nitrogens is 2. The second-order valence-corrected chi connectivity index (χ2v) is 4.80. The van der Waals surface area contributed by atoms with Crippen molar-refractivity contribution >= 4 is 29.9 Å². The summed E-state index contributed by atoms with van der Waals surface area (Å²) in [6, 6.07) is 9.73. The zero-order valence-electron chi connectivity index (χ0n) is 14.2. The molecular weight excluding hydrogens is 421 g/mol. The quantitative estimate of drug-likeness (QED) is 0.295.